The van der Waals surface area contributed by atoms with Crippen molar-refractivity contribution in [3.63, 3.8) is 0 Å². The van der Waals surface area contributed by atoms with Gasteiger partial charge in [0, 0.05) is 43.8 Å². The molecular formula is C17H35N3. The lowest BCUT2D eigenvalue weighted by molar-refractivity contribution is 0.0309. The van der Waals surface area contributed by atoms with E-state index in [-0.39, 0.29) is 0 Å². The number of hydrogen-bond donors (Lipinski definition) is 1. The van der Waals surface area contributed by atoms with Gasteiger partial charge < -0.3 is 5.32 Å². The summed E-state index contributed by atoms with van der Waals surface area (Å²) in [5.41, 5.74) is 0.341. The molecule has 1 heterocycles. The van der Waals surface area contributed by atoms with E-state index in [9.17, 15) is 0 Å². The van der Waals surface area contributed by atoms with Crippen LogP contribution < -0.4 is 5.32 Å². The smallest absolute Gasteiger partial charge is 0.0126 e. The lowest BCUT2D eigenvalue weighted by atomic mass is 9.89. The molecule has 2 aliphatic rings. The Hall–Kier alpha value is -0.120. The topological polar surface area (TPSA) is 18.5 Å². The van der Waals surface area contributed by atoms with Gasteiger partial charge in [-0.15, -0.1) is 0 Å². The maximum atomic E-state index is 3.69. The Morgan fingerprint density at radius 2 is 1.55 bits per heavy atom. The first-order valence-electron chi connectivity index (χ1n) is 8.73. The first kappa shape index (κ1) is 16.3. The predicted molar refractivity (Wildman–Crippen MR) is 87.2 cm³/mol. The molecule has 0 spiro atoms. The zero-order valence-electron chi connectivity index (χ0n) is 14.1. The van der Waals surface area contributed by atoms with Crippen LogP contribution in [0.5, 0.6) is 0 Å². The van der Waals surface area contributed by atoms with Crippen molar-refractivity contribution in [1.29, 1.82) is 0 Å². The van der Waals surface area contributed by atoms with E-state index in [1.54, 1.807) is 0 Å². The Labute approximate surface area is 126 Å². The van der Waals surface area contributed by atoms with E-state index in [0.29, 0.717) is 5.54 Å². The molecule has 1 saturated heterocycles. The summed E-state index contributed by atoms with van der Waals surface area (Å²) in [5.74, 6) is 0. The van der Waals surface area contributed by atoms with Crippen LogP contribution in [-0.2, 0) is 0 Å². The fraction of sp³-hybridized carbons (Fsp3) is 1.00. The second-order valence-electron chi connectivity index (χ2n) is 7.65. The fourth-order valence-electron chi connectivity index (χ4n) is 3.75. The number of piperazine rings is 1. The summed E-state index contributed by atoms with van der Waals surface area (Å²) in [7, 11) is 0. The van der Waals surface area contributed by atoms with Crippen LogP contribution in [0.3, 0.4) is 0 Å². The Balaban J connectivity index is 1.70. The average molecular weight is 281 g/mol. The number of nitrogens with one attached hydrogen (secondary N) is 1. The van der Waals surface area contributed by atoms with Gasteiger partial charge in [0.05, 0.1) is 0 Å². The van der Waals surface area contributed by atoms with Crippen molar-refractivity contribution in [3.05, 3.63) is 0 Å². The van der Waals surface area contributed by atoms with E-state index >= 15 is 0 Å². The van der Waals surface area contributed by atoms with Crippen molar-refractivity contribution in [2.45, 2.75) is 77.4 Å². The third kappa shape index (κ3) is 4.44. The summed E-state index contributed by atoms with van der Waals surface area (Å²) >= 11 is 0. The van der Waals surface area contributed by atoms with Crippen molar-refractivity contribution in [3.8, 4) is 0 Å². The lowest BCUT2D eigenvalue weighted by Crippen LogP contribution is -2.56. The van der Waals surface area contributed by atoms with Crippen LogP contribution >= 0.6 is 0 Å². The van der Waals surface area contributed by atoms with Crippen molar-refractivity contribution in [2.75, 3.05) is 32.7 Å². The highest BCUT2D eigenvalue weighted by molar-refractivity contribution is 4.88. The Morgan fingerprint density at radius 1 is 0.950 bits per heavy atom. The van der Waals surface area contributed by atoms with E-state index in [1.165, 1.54) is 64.8 Å². The molecule has 0 bridgehead atoms. The van der Waals surface area contributed by atoms with Gasteiger partial charge in [0.2, 0.25) is 0 Å². The van der Waals surface area contributed by atoms with Gasteiger partial charge in [-0.3, -0.25) is 9.80 Å². The van der Waals surface area contributed by atoms with Crippen LogP contribution in [0.25, 0.3) is 0 Å². The standard InChI is InChI=1S/C17H35N3/c1-5-10-18-15-6-8-16(9-7-15)19-11-13-20(14-12-19)17(2,3)4/h15-16,18H,5-14H2,1-4H3. The zero-order valence-corrected chi connectivity index (χ0v) is 14.1. The average Bonchev–Trinajstić information content (AvgIpc) is 2.45. The molecule has 0 radical (unpaired) electrons. The van der Waals surface area contributed by atoms with Crippen LogP contribution in [0.4, 0.5) is 0 Å². The lowest BCUT2D eigenvalue weighted by Gasteiger charge is -2.46. The van der Waals surface area contributed by atoms with Crippen molar-refractivity contribution >= 4 is 0 Å². The monoisotopic (exact) mass is 281 g/mol. The molecule has 1 N–H and O–H groups in total. The molecule has 1 aliphatic carbocycles. The Kier molecular flexibility index (Phi) is 5.88. The van der Waals surface area contributed by atoms with E-state index in [4.69, 9.17) is 0 Å². The van der Waals surface area contributed by atoms with Gasteiger partial charge in [-0.05, 0) is 59.4 Å². The minimum Gasteiger partial charge on any atom is -0.314 e. The first-order chi connectivity index (χ1) is 9.50. The highest BCUT2D eigenvalue weighted by atomic mass is 15.3. The summed E-state index contributed by atoms with van der Waals surface area (Å²) in [6.07, 6.45) is 6.82. The van der Waals surface area contributed by atoms with Crippen molar-refractivity contribution in [2.24, 2.45) is 0 Å². The minimum atomic E-state index is 0.341. The molecule has 1 saturated carbocycles. The van der Waals surface area contributed by atoms with E-state index in [1.807, 2.05) is 0 Å². The van der Waals surface area contributed by atoms with Gasteiger partial charge >= 0.3 is 0 Å². The van der Waals surface area contributed by atoms with E-state index in [2.05, 4.69) is 42.8 Å². The molecule has 2 fully saturated rings. The number of nitrogens with zero attached hydrogens (tertiary/aromatic N) is 2. The summed E-state index contributed by atoms with van der Waals surface area (Å²) in [6, 6.07) is 1.65. The predicted octanol–water partition coefficient (Wildman–Crippen LogP) is 2.71. The van der Waals surface area contributed by atoms with Crippen LogP contribution in [0.2, 0.25) is 0 Å². The van der Waals surface area contributed by atoms with E-state index in [0.717, 1.165) is 12.1 Å². The largest absolute Gasteiger partial charge is 0.314 e. The summed E-state index contributed by atoms with van der Waals surface area (Å²) in [5, 5.41) is 3.69. The molecule has 3 nitrogen and oxygen atoms in total. The molecule has 0 aromatic carbocycles. The summed E-state index contributed by atoms with van der Waals surface area (Å²) < 4.78 is 0. The van der Waals surface area contributed by atoms with Gasteiger partial charge in [0.1, 0.15) is 0 Å². The third-order valence-corrected chi connectivity index (χ3v) is 5.16. The molecule has 3 heteroatoms. The van der Waals surface area contributed by atoms with Crippen molar-refractivity contribution in [1.82, 2.24) is 15.1 Å². The zero-order chi connectivity index (χ0) is 14.6. The second-order valence-corrected chi connectivity index (χ2v) is 7.65. The molecule has 1 aliphatic heterocycles. The second kappa shape index (κ2) is 7.24. The Bertz CT molecular complexity index is 268. The van der Waals surface area contributed by atoms with Crippen LogP contribution in [-0.4, -0.2) is 60.1 Å². The molecule has 0 aromatic rings. The molecule has 0 aromatic heterocycles. The minimum absolute atomic E-state index is 0.341. The summed E-state index contributed by atoms with van der Waals surface area (Å²) in [4.78, 5) is 5.40. The quantitative estimate of drug-likeness (QED) is 0.855. The molecule has 0 unspecified atom stereocenters. The van der Waals surface area contributed by atoms with Crippen molar-refractivity contribution < 1.29 is 0 Å². The van der Waals surface area contributed by atoms with Gasteiger partial charge in [-0.2, -0.15) is 0 Å². The molecule has 0 atom stereocenters. The Morgan fingerprint density at radius 3 is 2.05 bits per heavy atom. The van der Waals surface area contributed by atoms with Gasteiger partial charge in [-0.25, -0.2) is 0 Å². The molecule has 118 valence electrons. The number of hydrogen-bond acceptors (Lipinski definition) is 3. The highest BCUT2D eigenvalue weighted by Gasteiger charge is 2.30. The van der Waals surface area contributed by atoms with E-state index < -0.39 is 0 Å². The van der Waals surface area contributed by atoms with Crippen LogP contribution in [0, 0.1) is 0 Å². The first-order valence-corrected chi connectivity index (χ1v) is 8.73. The SMILES string of the molecule is CCCNC1CCC(N2CCN(C(C)(C)C)CC2)CC1. The summed E-state index contributed by atoms with van der Waals surface area (Å²) in [6.45, 7) is 15.5. The highest BCUT2D eigenvalue weighted by Crippen LogP contribution is 2.25. The molecule has 2 rings (SSSR count). The number of rotatable bonds is 4. The molecule has 0 amide bonds. The maximum absolute atomic E-state index is 3.69. The van der Waals surface area contributed by atoms with Gasteiger partial charge in [0.25, 0.3) is 0 Å². The van der Waals surface area contributed by atoms with Gasteiger partial charge in [-0.1, -0.05) is 6.92 Å². The third-order valence-electron chi connectivity index (χ3n) is 5.16. The normalized spacial score (nSPS) is 30.6. The molecular weight excluding hydrogens is 246 g/mol. The van der Waals surface area contributed by atoms with Crippen LogP contribution in [0.15, 0.2) is 0 Å². The maximum Gasteiger partial charge on any atom is 0.0126 e. The molecule has 20 heavy (non-hydrogen) atoms. The fourth-order valence-corrected chi connectivity index (χ4v) is 3.75. The van der Waals surface area contributed by atoms with Gasteiger partial charge in [0.15, 0.2) is 0 Å². The van der Waals surface area contributed by atoms with Crippen LogP contribution in [0.1, 0.15) is 59.8 Å².